The Morgan fingerprint density at radius 3 is 2.56 bits per heavy atom. The fourth-order valence-electron chi connectivity index (χ4n) is 1.43. The van der Waals surface area contributed by atoms with Crippen LogP contribution in [0.2, 0.25) is 0 Å². The summed E-state index contributed by atoms with van der Waals surface area (Å²) in [5, 5.41) is 13.3. The minimum Gasteiger partial charge on any atom is -0.320 e. The van der Waals surface area contributed by atoms with Gasteiger partial charge in [-0.25, -0.2) is 0 Å². The number of nitro groups is 1. The smallest absolute Gasteiger partial charge is 0.292 e. The first kappa shape index (κ1) is 14.1. The second-order valence-corrected chi connectivity index (χ2v) is 4.54. The van der Waals surface area contributed by atoms with E-state index in [-0.39, 0.29) is 17.3 Å². The second kappa shape index (κ2) is 5.59. The highest BCUT2D eigenvalue weighted by Gasteiger charge is 2.21. The summed E-state index contributed by atoms with van der Waals surface area (Å²) in [6, 6.07) is 3.86. The summed E-state index contributed by atoms with van der Waals surface area (Å²) in [4.78, 5) is 22.1. The summed E-state index contributed by atoms with van der Waals surface area (Å²) in [6.07, 6.45) is 0. The monoisotopic (exact) mass is 251 g/mol. The third kappa shape index (κ3) is 3.27. The quantitative estimate of drug-likeness (QED) is 0.630. The van der Waals surface area contributed by atoms with Crippen LogP contribution in [0, 0.1) is 23.0 Å². The Morgan fingerprint density at radius 1 is 1.44 bits per heavy atom. The zero-order valence-electron chi connectivity index (χ0n) is 10.6. The molecule has 6 heteroatoms. The van der Waals surface area contributed by atoms with Crippen molar-refractivity contribution in [3.05, 3.63) is 33.9 Å². The first-order chi connectivity index (χ1) is 8.32. The third-order valence-electron chi connectivity index (χ3n) is 2.63. The zero-order valence-corrected chi connectivity index (χ0v) is 10.6. The highest BCUT2D eigenvalue weighted by Crippen LogP contribution is 2.25. The van der Waals surface area contributed by atoms with Crippen LogP contribution in [0.3, 0.4) is 0 Å². The number of nitrogens with two attached hydrogens (primary N) is 1. The van der Waals surface area contributed by atoms with Crippen LogP contribution >= 0.6 is 0 Å². The van der Waals surface area contributed by atoms with Crippen LogP contribution in [0.5, 0.6) is 0 Å². The molecule has 0 spiro atoms. The van der Waals surface area contributed by atoms with Crippen LogP contribution in [0.25, 0.3) is 0 Å². The predicted octanol–water partition coefficient (Wildman–Crippen LogP) is 1.83. The SMILES string of the molecule is Cc1ccc([N+](=O)[O-])c(NC(=O)C(N)C(C)C)c1. The van der Waals surface area contributed by atoms with Gasteiger partial charge in [0.15, 0.2) is 0 Å². The molecule has 0 radical (unpaired) electrons. The normalized spacial score (nSPS) is 12.3. The van der Waals surface area contributed by atoms with Gasteiger partial charge in [-0.3, -0.25) is 14.9 Å². The standard InChI is InChI=1S/C12H17N3O3/c1-7(2)11(13)12(16)14-9-6-8(3)4-5-10(9)15(17)18/h4-7,11H,13H2,1-3H3,(H,14,16). The predicted molar refractivity (Wildman–Crippen MR) is 69.3 cm³/mol. The lowest BCUT2D eigenvalue weighted by Crippen LogP contribution is -2.39. The largest absolute Gasteiger partial charge is 0.320 e. The average molecular weight is 251 g/mol. The van der Waals surface area contributed by atoms with Crippen molar-refractivity contribution in [2.75, 3.05) is 5.32 Å². The van der Waals surface area contributed by atoms with Crippen molar-refractivity contribution in [2.45, 2.75) is 26.8 Å². The maximum Gasteiger partial charge on any atom is 0.292 e. The zero-order chi connectivity index (χ0) is 13.9. The Balaban J connectivity index is 2.99. The molecule has 0 fully saturated rings. The molecule has 0 saturated carbocycles. The number of aryl methyl sites for hydroxylation is 1. The van der Waals surface area contributed by atoms with E-state index in [0.29, 0.717) is 0 Å². The minimum absolute atomic E-state index is 0.0335. The van der Waals surface area contributed by atoms with Crippen LogP contribution in [-0.4, -0.2) is 16.9 Å². The van der Waals surface area contributed by atoms with E-state index in [1.54, 1.807) is 19.1 Å². The van der Waals surface area contributed by atoms with Gasteiger partial charge in [0.25, 0.3) is 5.69 Å². The maximum atomic E-state index is 11.8. The van der Waals surface area contributed by atoms with Gasteiger partial charge in [-0.05, 0) is 24.5 Å². The molecule has 1 rings (SSSR count). The second-order valence-electron chi connectivity index (χ2n) is 4.54. The number of hydrogen-bond acceptors (Lipinski definition) is 4. The van der Waals surface area contributed by atoms with Gasteiger partial charge in [0.05, 0.1) is 11.0 Å². The van der Waals surface area contributed by atoms with E-state index in [1.807, 2.05) is 13.8 Å². The lowest BCUT2D eigenvalue weighted by molar-refractivity contribution is -0.383. The molecular weight excluding hydrogens is 234 g/mol. The number of benzene rings is 1. The molecule has 1 atom stereocenters. The van der Waals surface area contributed by atoms with Gasteiger partial charge in [-0.15, -0.1) is 0 Å². The molecule has 6 nitrogen and oxygen atoms in total. The fourth-order valence-corrected chi connectivity index (χ4v) is 1.43. The van der Waals surface area contributed by atoms with Crippen LogP contribution < -0.4 is 11.1 Å². The van der Waals surface area contributed by atoms with Crippen molar-refractivity contribution in [3.8, 4) is 0 Å². The number of amides is 1. The first-order valence-corrected chi connectivity index (χ1v) is 5.64. The van der Waals surface area contributed by atoms with Crippen molar-refractivity contribution >= 4 is 17.3 Å². The van der Waals surface area contributed by atoms with Crippen LogP contribution in [-0.2, 0) is 4.79 Å². The van der Waals surface area contributed by atoms with Crippen molar-refractivity contribution in [2.24, 2.45) is 11.7 Å². The Bertz CT molecular complexity index is 472. The van der Waals surface area contributed by atoms with Gasteiger partial charge in [0, 0.05) is 6.07 Å². The van der Waals surface area contributed by atoms with E-state index in [9.17, 15) is 14.9 Å². The van der Waals surface area contributed by atoms with Crippen molar-refractivity contribution < 1.29 is 9.72 Å². The fraction of sp³-hybridized carbons (Fsp3) is 0.417. The van der Waals surface area contributed by atoms with Gasteiger partial charge in [-0.1, -0.05) is 19.9 Å². The summed E-state index contributed by atoms with van der Waals surface area (Å²) in [6.45, 7) is 5.42. The van der Waals surface area contributed by atoms with Gasteiger partial charge in [-0.2, -0.15) is 0 Å². The van der Waals surface area contributed by atoms with E-state index in [4.69, 9.17) is 5.73 Å². The average Bonchev–Trinajstić information content (AvgIpc) is 2.27. The van der Waals surface area contributed by atoms with E-state index < -0.39 is 16.9 Å². The molecule has 0 aliphatic rings. The van der Waals surface area contributed by atoms with Gasteiger partial charge >= 0.3 is 0 Å². The molecule has 1 aromatic carbocycles. The van der Waals surface area contributed by atoms with Gasteiger partial charge < -0.3 is 11.1 Å². The highest BCUT2D eigenvalue weighted by atomic mass is 16.6. The number of nitrogens with one attached hydrogen (secondary N) is 1. The molecule has 0 bridgehead atoms. The molecule has 1 amide bonds. The Kier molecular flexibility index (Phi) is 4.38. The first-order valence-electron chi connectivity index (χ1n) is 5.64. The van der Waals surface area contributed by atoms with E-state index >= 15 is 0 Å². The number of carbonyl (C=O) groups excluding carboxylic acids is 1. The molecular formula is C12H17N3O3. The van der Waals surface area contributed by atoms with Crippen molar-refractivity contribution in [3.63, 3.8) is 0 Å². The summed E-state index contributed by atoms with van der Waals surface area (Å²) in [7, 11) is 0. The van der Waals surface area contributed by atoms with E-state index in [0.717, 1.165) is 5.56 Å². The lowest BCUT2D eigenvalue weighted by atomic mass is 10.0. The van der Waals surface area contributed by atoms with Gasteiger partial charge in [0.2, 0.25) is 5.91 Å². The lowest BCUT2D eigenvalue weighted by Gasteiger charge is -2.15. The Labute approximate surface area is 105 Å². The highest BCUT2D eigenvalue weighted by molar-refractivity contribution is 5.96. The number of hydrogen-bond donors (Lipinski definition) is 2. The number of nitro benzene ring substituents is 1. The molecule has 18 heavy (non-hydrogen) atoms. The number of anilines is 1. The van der Waals surface area contributed by atoms with Crippen molar-refractivity contribution in [1.29, 1.82) is 0 Å². The van der Waals surface area contributed by atoms with Crippen LogP contribution in [0.15, 0.2) is 18.2 Å². The summed E-state index contributed by atoms with van der Waals surface area (Å²) in [5.41, 5.74) is 6.57. The molecule has 98 valence electrons. The number of nitrogens with zero attached hydrogens (tertiary/aromatic N) is 1. The summed E-state index contributed by atoms with van der Waals surface area (Å²) in [5.74, 6) is -0.451. The molecule has 3 N–H and O–H groups in total. The minimum atomic E-state index is -0.690. The van der Waals surface area contributed by atoms with Crippen LogP contribution in [0.1, 0.15) is 19.4 Å². The molecule has 1 unspecified atom stereocenters. The number of rotatable bonds is 4. The number of carbonyl (C=O) groups is 1. The Morgan fingerprint density at radius 2 is 2.06 bits per heavy atom. The molecule has 0 heterocycles. The molecule has 0 saturated heterocycles. The Hall–Kier alpha value is -1.95. The van der Waals surface area contributed by atoms with Gasteiger partial charge in [0.1, 0.15) is 5.69 Å². The van der Waals surface area contributed by atoms with Crippen molar-refractivity contribution in [1.82, 2.24) is 0 Å². The molecule has 1 aromatic rings. The molecule has 0 aliphatic heterocycles. The third-order valence-corrected chi connectivity index (χ3v) is 2.63. The maximum absolute atomic E-state index is 11.8. The summed E-state index contributed by atoms with van der Waals surface area (Å²) < 4.78 is 0. The van der Waals surface area contributed by atoms with Crippen LogP contribution in [0.4, 0.5) is 11.4 Å². The molecule has 0 aliphatic carbocycles. The summed E-state index contributed by atoms with van der Waals surface area (Å²) >= 11 is 0. The van der Waals surface area contributed by atoms with E-state index in [1.165, 1.54) is 6.07 Å². The van der Waals surface area contributed by atoms with E-state index in [2.05, 4.69) is 5.32 Å². The molecule has 0 aromatic heterocycles. The topological polar surface area (TPSA) is 98.3 Å².